The first kappa shape index (κ1) is 13.1. The lowest BCUT2D eigenvalue weighted by atomic mass is 10.1. The Hall–Kier alpha value is -1.39. The topological polar surface area (TPSA) is 41.6 Å². The van der Waals surface area contributed by atoms with Crippen molar-refractivity contribution in [2.24, 2.45) is 0 Å². The third-order valence-electron chi connectivity index (χ3n) is 3.18. The van der Waals surface area contributed by atoms with E-state index in [1.807, 2.05) is 43.1 Å². The van der Waals surface area contributed by atoms with Crippen molar-refractivity contribution < 1.29 is 9.53 Å². The molecule has 1 fully saturated rings. The third kappa shape index (κ3) is 2.89. The molecule has 0 radical (unpaired) electrons. The van der Waals surface area contributed by atoms with E-state index in [-0.39, 0.29) is 12.0 Å². The minimum atomic E-state index is -0.312. The fraction of sp³-hybridized carbons (Fsp3) is 0.500. The summed E-state index contributed by atoms with van der Waals surface area (Å²) in [5.41, 5.74) is 2.16. The van der Waals surface area contributed by atoms with Crippen molar-refractivity contribution in [2.45, 2.75) is 19.4 Å². The van der Waals surface area contributed by atoms with Gasteiger partial charge in [-0.05, 0) is 39.1 Å². The summed E-state index contributed by atoms with van der Waals surface area (Å²) in [7, 11) is 1.88. The summed E-state index contributed by atoms with van der Waals surface area (Å²) >= 11 is 0. The van der Waals surface area contributed by atoms with E-state index in [1.54, 1.807) is 0 Å². The van der Waals surface area contributed by atoms with E-state index in [9.17, 15) is 4.79 Å². The van der Waals surface area contributed by atoms with Crippen molar-refractivity contribution >= 4 is 11.6 Å². The first-order valence-electron chi connectivity index (χ1n) is 6.36. The number of nitrogens with zero attached hydrogens (tertiary/aromatic N) is 1. The molecule has 0 aliphatic carbocycles. The maximum atomic E-state index is 12.3. The molecule has 4 nitrogen and oxygen atoms in total. The lowest BCUT2D eigenvalue weighted by Gasteiger charge is -2.32. The number of amides is 1. The van der Waals surface area contributed by atoms with Crippen LogP contribution in [0.15, 0.2) is 24.3 Å². The zero-order valence-corrected chi connectivity index (χ0v) is 11.0. The highest BCUT2D eigenvalue weighted by Crippen LogP contribution is 2.20. The van der Waals surface area contributed by atoms with E-state index >= 15 is 0 Å². The molecule has 1 aromatic carbocycles. The van der Waals surface area contributed by atoms with Crippen LogP contribution in [0.3, 0.4) is 0 Å². The van der Waals surface area contributed by atoms with E-state index in [1.165, 1.54) is 5.56 Å². The largest absolute Gasteiger partial charge is 0.366 e. The normalized spacial score (nSPS) is 20.2. The fourth-order valence-corrected chi connectivity index (χ4v) is 2.10. The first-order chi connectivity index (χ1) is 8.72. The van der Waals surface area contributed by atoms with Crippen molar-refractivity contribution in [1.29, 1.82) is 0 Å². The van der Waals surface area contributed by atoms with Crippen LogP contribution in [-0.4, -0.2) is 38.8 Å². The summed E-state index contributed by atoms with van der Waals surface area (Å²) in [4.78, 5) is 14.1. The Morgan fingerprint density at radius 1 is 1.39 bits per heavy atom. The van der Waals surface area contributed by atoms with Crippen molar-refractivity contribution in [3.8, 4) is 0 Å². The van der Waals surface area contributed by atoms with Gasteiger partial charge in [-0.15, -0.1) is 0 Å². The van der Waals surface area contributed by atoms with Crippen LogP contribution in [0.25, 0.3) is 0 Å². The molecule has 1 aliphatic rings. The van der Waals surface area contributed by atoms with Crippen LogP contribution in [0.4, 0.5) is 5.69 Å². The van der Waals surface area contributed by atoms with Gasteiger partial charge in [-0.1, -0.05) is 17.7 Å². The van der Waals surface area contributed by atoms with Crippen LogP contribution in [0.5, 0.6) is 0 Å². The molecule has 0 aromatic heterocycles. The van der Waals surface area contributed by atoms with Crippen LogP contribution >= 0.6 is 0 Å². The van der Waals surface area contributed by atoms with Gasteiger partial charge in [0.2, 0.25) is 0 Å². The van der Waals surface area contributed by atoms with Gasteiger partial charge >= 0.3 is 0 Å². The highest BCUT2D eigenvalue weighted by molar-refractivity contribution is 5.97. The zero-order chi connectivity index (χ0) is 13.0. The fourth-order valence-electron chi connectivity index (χ4n) is 2.10. The molecule has 1 amide bonds. The lowest BCUT2D eigenvalue weighted by Crippen LogP contribution is -2.48. The molecule has 1 saturated heterocycles. The van der Waals surface area contributed by atoms with Gasteiger partial charge in [0.25, 0.3) is 5.91 Å². The Morgan fingerprint density at radius 2 is 2.11 bits per heavy atom. The molecule has 1 unspecified atom stereocenters. The Bertz CT molecular complexity index is 403. The Labute approximate surface area is 108 Å². The summed E-state index contributed by atoms with van der Waals surface area (Å²) in [5, 5.41) is 3.05. The number of morpholine rings is 1. The zero-order valence-electron chi connectivity index (χ0n) is 11.0. The van der Waals surface area contributed by atoms with Gasteiger partial charge < -0.3 is 15.0 Å². The molecule has 0 saturated carbocycles. The predicted molar refractivity (Wildman–Crippen MR) is 71.8 cm³/mol. The predicted octanol–water partition coefficient (Wildman–Crippen LogP) is 1.34. The van der Waals surface area contributed by atoms with E-state index < -0.39 is 0 Å². The van der Waals surface area contributed by atoms with Gasteiger partial charge in [0.15, 0.2) is 0 Å². The van der Waals surface area contributed by atoms with E-state index in [4.69, 9.17) is 4.74 Å². The minimum absolute atomic E-state index is 0.0698. The highest BCUT2D eigenvalue weighted by atomic mass is 16.5. The maximum Gasteiger partial charge on any atom is 0.256 e. The van der Waals surface area contributed by atoms with Gasteiger partial charge in [0, 0.05) is 12.2 Å². The van der Waals surface area contributed by atoms with Crippen LogP contribution in [0, 0.1) is 6.92 Å². The standard InChI is InChI=1S/C14H20N2O2/c1-11-3-5-12(6-4-11)16-9-10-18-13(14(16)17)7-8-15-2/h3-6,13,15H,7-10H2,1-2H3. The molecule has 18 heavy (non-hydrogen) atoms. The van der Waals surface area contributed by atoms with Crippen LogP contribution in [0.2, 0.25) is 0 Å². The molecule has 1 N–H and O–H groups in total. The number of carbonyl (C=O) groups is 1. The quantitative estimate of drug-likeness (QED) is 0.874. The van der Waals surface area contributed by atoms with Crippen molar-refractivity contribution in [1.82, 2.24) is 5.32 Å². The third-order valence-corrected chi connectivity index (χ3v) is 3.18. The molecule has 4 heteroatoms. The van der Waals surface area contributed by atoms with Crippen LogP contribution < -0.4 is 10.2 Å². The molecule has 98 valence electrons. The van der Waals surface area contributed by atoms with Gasteiger partial charge in [-0.2, -0.15) is 0 Å². The van der Waals surface area contributed by atoms with Gasteiger partial charge in [-0.3, -0.25) is 4.79 Å². The number of rotatable bonds is 4. The number of nitrogens with one attached hydrogen (secondary N) is 1. The molecule has 2 rings (SSSR count). The highest BCUT2D eigenvalue weighted by Gasteiger charge is 2.29. The summed E-state index contributed by atoms with van der Waals surface area (Å²) in [6, 6.07) is 8.04. The Morgan fingerprint density at radius 3 is 2.78 bits per heavy atom. The van der Waals surface area contributed by atoms with Crippen molar-refractivity contribution in [3.63, 3.8) is 0 Å². The Balaban J connectivity index is 2.08. The van der Waals surface area contributed by atoms with Gasteiger partial charge in [-0.25, -0.2) is 0 Å². The number of carbonyl (C=O) groups excluding carboxylic acids is 1. The molecule has 1 aliphatic heterocycles. The second kappa shape index (κ2) is 5.98. The van der Waals surface area contributed by atoms with Crippen LogP contribution in [0.1, 0.15) is 12.0 Å². The smallest absolute Gasteiger partial charge is 0.256 e. The number of benzene rings is 1. The minimum Gasteiger partial charge on any atom is -0.366 e. The average Bonchev–Trinajstić information content (AvgIpc) is 2.39. The second-order valence-corrected chi connectivity index (χ2v) is 4.58. The summed E-state index contributed by atoms with van der Waals surface area (Å²) in [5.74, 6) is 0.0698. The molecular formula is C14H20N2O2. The van der Waals surface area contributed by atoms with Crippen molar-refractivity contribution in [3.05, 3.63) is 29.8 Å². The van der Waals surface area contributed by atoms with E-state index in [0.717, 1.165) is 18.7 Å². The number of aryl methyl sites for hydroxylation is 1. The van der Waals surface area contributed by atoms with E-state index in [2.05, 4.69) is 5.32 Å². The van der Waals surface area contributed by atoms with Crippen molar-refractivity contribution in [2.75, 3.05) is 31.6 Å². The van der Waals surface area contributed by atoms with E-state index in [0.29, 0.717) is 13.2 Å². The summed E-state index contributed by atoms with van der Waals surface area (Å²) in [6.07, 6.45) is 0.407. The first-order valence-corrected chi connectivity index (χ1v) is 6.36. The second-order valence-electron chi connectivity index (χ2n) is 4.58. The maximum absolute atomic E-state index is 12.3. The Kier molecular flexibility index (Phi) is 4.33. The number of ether oxygens (including phenoxy) is 1. The molecule has 1 heterocycles. The monoisotopic (exact) mass is 248 g/mol. The van der Waals surface area contributed by atoms with Gasteiger partial charge in [0.1, 0.15) is 6.10 Å². The number of hydrogen-bond donors (Lipinski definition) is 1. The van der Waals surface area contributed by atoms with Crippen LogP contribution in [-0.2, 0) is 9.53 Å². The average molecular weight is 248 g/mol. The summed E-state index contributed by atoms with van der Waals surface area (Å²) in [6.45, 7) is 4.07. The molecular weight excluding hydrogens is 228 g/mol. The molecule has 1 atom stereocenters. The lowest BCUT2D eigenvalue weighted by molar-refractivity contribution is -0.134. The SMILES string of the molecule is CNCCC1OCCN(c2ccc(C)cc2)C1=O. The summed E-state index contributed by atoms with van der Waals surface area (Å²) < 4.78 is 5.54. The number of hydrogen-bond acceptors (Lipinski definition) is 3. The molecule has 0 bridgehead atoms. The molecule has 1 aromatic rings. The van der Waals surface area contributed by atoms with Gasteiger partial charge in [0.05, 0.1) is 6.61 Å². The molecule has 0 spiro atoms. The number of anilines is 1.